The van der Waals surface area contributed by atoms with Gasteiger partial charge in [0.15, 0.2) is 21.3 Å². The fourth-order valence-corrected chi connectivity index (χ4v) is 3.06. The summed E-state index contributed by atoms with van der Waals surface area (Å²) in [5, 5.41) is 12.3. The van der Waals surface area contributed by atoms with Crippen molar-refractivity contribution < 1.29 is 32.3 Å². The van der Waals surface area contributed by atoms with Gasteiger partial charge in [0.2, 0.25) is 0 Å². The Morgan fingerprint density at radius 1 is 1.23 bits per heavy atom. The third-order valence-electron chi connectivity index (χ3n) is 2.87. The standard InChI is InChI=1S/C13H13NO7S/c1-19-8-4-5-9(20-2)12(22(3,17)18)11(8)10-6-7(13(15)16)14-21-10/h4-6H,1-3H3,(H,15,16). The topological polar surface area (TPSA) is 116 Å². The van der Waals surface area contributed by atoms with E-state index in [2.05, 4.69) is 5.16 Å². The first-order chi connectivity index (χ1) is 10.3. The van der Waals surface area contributed by atoms with Crippen molar-refractivity contribution in [2.24, 2.45) is 0 Å². The minimum atomic E-state index is -3.71. The van der Waals surface area contributed by atoms with E-state index in [9.17, 15) is 13.2 Å². The smallest absolute Gasteiger partial charge is 0.358 e. The van der Waals surface area contributed by atoms with Crippen molar-refractivity contribution in [1.82, 2.24) is 5.16 Å². The van der Waals surface area contributed by atoms with Crippen molar-refractivity contribution in [3.8, 4) is 22.8 Å². The van der Waals surface area contributed by atoms with Gasteiger partial charge >= 0.3 is 5.97 Å². The van der Waals surface area contributed by atoms with Gasteiger partial charge in [-0.15, -0.1) is 0 Å². The predicted molar refractivity (Wildman–Crippen MR) is 75.1 cm³/mol. The molecule has 0 saturated carbocycles. The highest BCUT2D eigenvalue weighted by Gasteiger charge is 2.27. The maximum Gasteiger partial charge on any atom is 0.358 e. The summed E-state index contributed by atoms with van der Waals surface area (Å²) in [6, 6.07) is 4.05. The van der Waals surface area contributed by atoms with Crippen LogP contribution >= 0.6 is 0 Å². The molecule has 0 atom stereocenters. The largest absolute Gasteiger partial charge is 0.496 e. The minimum absolute atomic E-state index is 0.0476. The van der Waals surface area contributed by atoms with Gasteiger partial charge in [-0.2, -0.15) is 0 Å². The van der Waals surface area contributed by atoms with Crippen LogP contribution in [0.2, 0.25) is 0 Å². The maximum atomic E-state index is 12.1. The van der Waals surface area contributed by atoms with Crippen LogP contribution in [0.5, 0.6) is 11.5 Å². The molecule has 0 bridgehead atoms. The highest BCUT2D eigenvalue weighted by atomic mass is 32.2. The van der Waals surface area contributed by atoms with Crippen LogP contribution in [-0.2, 0) is 9.84 Å². The highest BCUT2D eigenvalue weighted by Crippen LogP contribution is 2.41. The SMILES string of the molecule is COc1ccc(OC)c(S(C)(=O)=O)c1-c1cc(C(=O)O)no1. The van der Waals surface area contributed by atoms with Crippen molar-refractivity contribution in [1.29, 1.82) is 0 Å². The van der Waals surface area contributed by atoms with Gasteiger partial charge < -0.3 is 19.1 Å². The van der Waals surface area contributed by atoms with Gasteiger partial charge in [0.05, 0.1) is 19.8 Å². The number of carbonyl (C=O) groups is 1. The number of rotatable bonds is 5. The first-order valence-electron chi connectivity index (χ1n) is 5.95. The zero-order valence-corrected chi connectivity index (χ0v) is 12.8. The highest BCUT2D eigenvalue weighted by molar-refractivity contribution is 7.91. The van der Waals surface area contributed by atoms with E-state index in [4.69, 9.17) is 19.1 Å². The molecule has 0 aliphatic rings. The molecule has 118 valence electrons. The Hall–Kier alpha value is -2.55. The fourth-order valence-electron chi connectivity index (χ4n) is 1.97. The minimum Gasteiger partial charge on any atom is -0.496 e. The zero-order valence-electron chi connectivity index (χ0n) is 12.0. The number of nitrogens with zero attached hydrogens (tertiary/aromatic N) is 1. The number of benzene rings is 1. The average molecular weight is 327 g/mol. The lowest BCUT2D eigenvalue weighted by Gasteiger charge is -2.14. The molecular formula is C13H13NO7S. The summed E-state index contributed by atoms with van der Waals surface area (Å²) in [4.78, 5) is 10.7. The number of hydrogen-bond donors (Lipinski definition) is 1. The lowest BCUT2D eigenvalue weighted by atomic mass is 10.1. The van der Waals surface area contributed by atoms with Crippen molar-refractivity contribution in [2.75, 3.05) is 20.5 Å². The third-order valence-corrected chi connectivity index (χ3v) is 4.02. The van der Waals surface area contributed by atoms with Gasteiger partial charge in [-0.1, -0.05) is 5.16 Å². The lowest BCUT2D eigenvalue weighted by Crippen LogP contribution is -2.04. The van der Waals surface area contributed by atoms with E-state index >= 15 is 0 Å². The van der Waals surface area contributed by atoms with Crippen molar-refractivity contribution >= 4 is 15.8 Å². The molecule has 22 heavy (non-hydrogen) atoms. The summed E-state index contributed by atoms with van der Waals surface area (Å²) < 4.78 is 39.4. The summed E-state index contributed by atoms with van der Waals surface area (Å²) in [5.74, 6) is -1.06. The number of carboxylic acid groups (broad SMARTS) is 1. The molecular weight excluding hydrogens is 314 g/mol. The molecule has 0 unspecified atom stereocenters. The molecule has 2 aromatic rings. The second-order valence-corrected chi connectivity index (χ2v) is 6.28. The average Bonchev–Trinajstić information content (AvgIpc) is 2.94. The van der Waals surface area contributed by atoms with E-state index < -0.39 is 15.8 Å². The third kappa shape index (κ3) is 2.75. The second kappa shape index (κ2) is 5.68. The van der Waals surface area contributed by atoms with Crippen molar-refractivity contribution in [3.63, 3.8) is 0 Å². The molecule has 1 aromatic carbocycles. The molecule has 1 heterocycles. The summed E-state index contributed by atoms with van der Waals surface area (Å²) in [5.41, 5.74) is -0.288. The van der Waals surface area contributed by atoms with Crippen LogP contribution in [0.25, 0.3) is 11.3 Å². The van der Waals surface area contributed by atoms with E-state index in [1.807, 2.05) is 0 Å². The van der Waals surface area contributed by atoms with E-state index in [0.29, 0.717) is 0 Å². The molecule has 0 radical (unpaired) electrons. The van der Waals surface area contributed by atoms with Crippen LogP contribution in [0.15, 0.2) is 27.6 Å². The fraction of sp³-hybridized carbons (Fsp3) is 0.231. The normalized spacial score (nSPS) is 11.2. The van der Waals surface area contributed by atoms with Crippen LogP contribution in [0, 0.1) is 0 Å². The number of aromatic carboxylic acids is 1. The molecule has 1 N–H and O–H groups in total. The summed E-state index contributed by atoms with van der Waals surface area (Å²) in [6.45, 7) is 0. The number of hydrogen-bond acceptors (Lipinski definition) is 7. The first kappa shape index (κ1) is 15.8. The van der Waals surface area contributed by atoms with Crippen LogP contribution < -0.4 is 9.47 Å². The first-order valence-corrected chi connectivity index (χ1v) is 7.84. The summed E-state index contributed by atoms with van der Waals surface area (Å²) in [7, 11) is -1.03. The predicted octanol–water partition coefficient (Wildman–Crippen LogP) is 1.46. The number of aromatic nitrogens is 1. The molecule has 0 fully saturated rings. The lowest BCUT2D eigenvalue weighted by molar-refractivity contribution is 0.0686. The summed E-state index contributed by atoms with van der Waals surface area (Å²) in [6.07, 6.45) is 1.00. The van der Waals surface area contributed by atoms with E-state index in [1.165, 1.54) is 26.4 Å². The zero-order chi connectivity index (χ0) is 16.5. The number of carboxylic acids is 1. The Balaban J connectivity index is 2.84. The Labute approximate surface area is 126 Å². The monoisotopic (exact) mass is 327 g/mol. The van der Waals surface area contributed by atoms with Gasteiger partial charge in [-0.25, -0.2) is 13.2 Å². The molecule has 8 nitrogen and oxygen atoms in total. The molecule has 2 rings (SSSR count). The Kier molecular flexibility index (Phi) is 4.09. The van der Waals surface area contributed by atoms with Gasteiger partial charge in [-0.3, -0.25) is 0 Å². The van der Waals surface area contributed by atoms with Gasteiger partial charge in [0.25, 0.3) is 0 Å². The maximum absolute atomic E-state index is 12.1. The number of methoxy groups -OCH3 is 2. The van der Waals surface area contributed by atoms with Crippen LogP contribution in [0.4, 0.5) is 0 Å². The Bertz CT molecular complexity index is 823. The summed E-state index contributed by atoms with van der Waals surface area (Å²) >= 11 is 0. The molecule has 0 spiro atoms. The van der Waals surface area contributed by atoms with Crippen molar-refractivity contribution in [3.05, 3.63) is 23.9 Å². The van der Waals surface area contributed by atoms with E-state index in [-0.39, 0.29) is 33.4 Å². The van der Waals surface area contributed by atoms with E-state index in [0.717, 1.165) is 12.3 Å². The van der Waals surface area contributed by atoms with Crippen LogP contribution in [0.1, 0.15) is 10.5 Å². The van der Waals surface area contributed by atoms with Gasteiger partial charge in [0, 0.05) is 12.3 Å². The van der Waals surface area contributed by atoms with Crippen LogP contribution in [-0.4, -0.2) is 45.1 Å². The molecule has 1 aromatic heterocycles. The quantitative estimate of drug-likeness (QED) is 0.877. The molecule has 0 amide bonds. The number of sulfone groups is 1. The van der Waals surface area contributed by atoms with Crippen molar-refractivity contribution in [2.45, 2.75) is 4.90 Å². The Morgan fingerprint density at radius 2 is 1.82 bits per heavy atom. The molecule has 0 aliphatic carbocycles. The molecule has 9 heteroatoms. The molecule has 0 saturated heterocycles. The van der Waals surface area contributed by atoms with Gasteiger partial charge in [-0.05, 0) is 12.1 Å². The Morgan fingerprint density at radius 3 is 2.27 bits per heavy atom. The number of ether oxygens (including phenoxy) is 2. The van der Waals surface area contributed by atoms with Gasteiger partial charge in [0.1, 0.15) is 16.4 Å². The van der Waals surface area contributed by atoms with Crippen LogP contribution in [0.3, 0.4) is 0 Å². The second-order valence-electron chi connectivity index (χ2n) is 4.33. The van der Waals surface area contributed by atoms with E-state index in [1.54, 1.807) is 0 Å². The molecule has 0 aliphatic heterocycles.